The molecule has 2 amide bonds. The molecule has 0 fully saturated rings. The number of rotatable bonds is 5. The van der Waals surface area contributed by atoms with Gasteiger partial charge in [-0.25, -0.2) is 0 Å². The van der Waals surface area contributed by atoms with E-state index in [0.29, 0.717) is 12.1 Å². The Morgan fingerprint density at radius 1 is 1.39 bits per heavy atom. The van der Waals surface area contributed by atoms with Crippen LogP contribution in [0.5, 0.6) is 0 Å². The summed E-state index contributed by atoms with van der Waals surface area (Å²) in [6, 6.07) is 7.10. The molecule has 2 heterocycles. The van der Waals surface area contributed by atoms with Crippen molar-refractivity contribution in [1.82, 2.24) is 20.2 Å². The van der Waals surface area contributed by atoms with Crippen LogP contribution in [0.4, 0.5) is 0 Å². The van der Waals surface area contributed by atoms with E-state index < -0.39 is 0 Å². The number of benzene rings is 1. The lowest BCUT2D eigenvalue weighted by Crippen LogP contribution is -2.28. The summed E-state index contributed by atoms with van der Waals surface area (Å²) in [7, 11) is 0. The maximum atomic E-state index is 12.2. The lowest BCUT2D eigenvalue weighted by Gasteiger charge is -2.12. The van der Waals surface area contributed by atoms with Crippen LogP contribution in [0.1, 0.15) is 58.7 Å². The van der Waals surface area contributed by atoms with Crippen LogP contribution < -0.4 is 10.6 Å². The molecule has 0 radical (unpaired) electrons. The number of nitrogens with zero attached hydrogens (tertiary/aromatic N) is 2. The van der Waals surface area contributed by atoms with Crippen molar-refractivity contribution in [3.63, 3.8) is 0 Å². The van der Waals surface area contributed by atoms with Crippen molar-refractivity contribution in [2.75, 3.05) is 0 Å². The molecule has 23 heavy (non-hydrogen) atoms. The Morgan fingerprint density at radius 3 is 2.96 bits per heavy atom. The van der Waals surface area contributed by atoms with Gasteiger partial charge in [0.2, 0.25) is 5.91 Å². The standard InChI is InChI=1S/C16H18N4O2S/c1-9(2)15-13(23-20-19-15)8-17-14(21)7-12-10-5-3-4-6-11(10)16(22)18-12/h3-6,9,12H,7-8H2,1-2H3,(H,17,21)(H,18,22)/t12-/m1/s1. The van der Waals surface area contributed by atoms with Crippen molar-refractivity contribution >= 4 is 23.3 Å². The van der Waals surface area contributed by atoms with E-state index in [0.717, 1.165) is 16.1 Å². The molecule has 1 aliphatic heterocycles. The fourth-order valence-electron chi connectivity index (χ4n) is 2.70. The average Bonchev–Trinajstić information content (AvgIpc) is 3.11. The smallest absolute Gasteiger partial charge is 0.252 e. The molecule has 0 bridgehead atoms. The molecular formula is C16H18N4O2S. The largest absolute Gasteiger partial charge is 0.351 e. The second-order valence-corrected chi connectivity index (χ2v) is 6.67. The summed E-state index contributed by atoms with van der Waals surface area (Å²) in [5.41, 5.74) is 2.46. The summed E-state index contributed by atoms with van der Waals surface area (Å²) < 4.78 is 3.95. The molecule has 2 N–H and O–H groups in total. The van der Waals surface area contributed by atoms with Crippen molar-refractivity contribution in [2.24, 2.45) is 0 Å². The van der Waals surface area contributed by atoms with Gasteiger partial charge < -0.3 is 10.6 Å². The molecular weight excluding hydrogens is 312 g/mol. The number of carbonyl (C=O) groups excluding carboxylic acids is 2. The molecule has 0 saturated carbocycles. The fraction of sp³-hybridized carbons (Fsp3) is 0.375. The van der Waals surface area contributed by atoms with E-state index in [1.807, 2.05) is 32.0 Å². The molecule has 6 nitrogen and oxygen atoms in total. The quantitative estimate of drug-likeness (QED) is 0.880. The monoisotopic (exact) mass is 330 g/mol. The number of aromatic nitrogens is 2. The van der Waals surface area contributed by atoms with E-state index in [9.17, 15) is 9.59 Å². The molecule has 0 spiro atoms. The van der Waals surface area contributed by atoms with Gasteiger partial charge in [0.15, 0.2) is 0 Å². The summed E-state index contributed by atoms with van der Waals surface area (Å²) in [6.45, 7) is 4.52. The molecule has 7 heteroatoms. The lowest BCUT2D eigenvalue weighted by atomic mass is 10.0. The number of hydrogen-bond donors (Lipinski definition) is 2. The molecule has 120 valence electrons. The van der Waals surface area contributed by atoms with Crippen LogP contribution in [0.3, 0.4) is 0 Å². The van der Waals surface area contributed by atoms with Gasteiger partial charge in [-0.2, -0.15) is 0 Å². The van der Waals surface area contributed by atoms with Gasteiger partial charge in [-0.15, -0.1) is 5.10 Å². The van der Waals surface area contributed by atoms with Crippen LogP contribution in [0.25, 0.3) is 0 Å². The highest BCUT2D eigenvalue weighted by Crippen LogP contribution is 2.27. The first-order valence-corrected chi connectivity index (χ1v) is 8.31. The van der Waals surface area contributed by atoms with Crippen LogP contribution >= 0.6 is 11.5 Å². The second kappa shape index (κ2) is 6.45. The zero-order valence-corrected chi connectivity index (χ0v) is 13.8. The third kappa shape index (κ3) is 3.24. The minimum absolute atomic E-state index is 0.102. The van der Waals surface area contributed by atoms with Crippen molar-refractivity contribution in [3.8, 4) is 0 Å². The molecule has 3 rings (SSSR count). The number of hydrogen-bond acceptors (Lipinski definition) is 5. The van der Waals surface area contributed by atoms with Gasteiger partial charge in [0.1, 0.15) is 0 Å². The van der Waals surface area contributed by atoms with Crippen LogP contribution in [0.2, 0.25) is 0 Å². The van der Waals surface area contributed by atoms with Gasteiger partial charge in [-0.1, -0.05) is 36.5 Å². The first-order valence-electron chi connectivity index (χ1n) is 7.54. The van der Waals surface area contributed by atoms with Gasteiger partial charge >= 0.3 is 0 Å². The third-order valence-corrected chi connectivity index (χ3v) is 4.59. The summed E-state index contributed by atoms with van der Waals surface area (Å²) in [5, 5.41) is 9.84. The molecule has 1 aromatic heterocycles. The molecule has 1 atom stereocenters. The van der Waals surface area contributed by atoms with E-state index >= 15 is 0 Å². The topological polar surface area (TPSA) is 84.0 Å². The third-order valence-electron chi connectivity index (χ3n) is 3.85. The molecule has 0 saturated heterocycles. The summed E-state index contributed by atoms with van der Waals surface area (Å²) in [6.07, 6.45) is 0.228. The Bertz CT molecular complexity index is 741. The van der Waals surface area contributed by atoms with Crippen molar-refractivity contribution in [1.29, 1.82) is 0 Å². The Balaban J connectivity index is 1.60. The van der Waals surface area contributed by atoms with Gasteiger partial charge in [-0.05, 0) is 29.1 Å². The van der Waals surface area contributed by atoms with Crippen molar-refractivity contribution in [2.45, 2.75) is 38.8 Å². The van der Waals surface area contributed by atoms with E-state index in [1.54, 1.807) is 6.07 Å². The SMILES string of the molecule is CC(C)c1nnsc1CNC(=O)C[C@H]1NC(=O)c2ccccc21. The lowest BCUT2D eigenvalue weighted by molar-refractivity contribution is -0.121. The van der Waals surface area contributed by atoms with Crippen molar-refractivity contribution in [3.05, 3.63) is 46.0 Å². The predicted molar refractivity (Wildman–Crippen MR) is 87.1 cm³/mol. The Kier molecular flexibility index (Phi) is 4.38. The minimum atomic E-state index is -0.261. The minimum Gasteiger partial charge on any atom is -0.351 e. The second-order valence-electron chi connectivity index (χ2n) is 5.83. The summed E-state index contributed by atoms with van der Waals surface area (Å²) in [5.74, 6) is 0.0592. The van der Waals surface area contributed by atoms with Crippen LogP contribution in [-0.2, 0) is 11.3 Å². The highest BCUT2D eigenvalue weighted by Gasteiger charge is 2.29. The molecule has 1 aromatic carbocycles. The highest BCUT2D eigenvalue weighted by molar-refractivity contribution is 7.05. The van der Waals surface area contributed by atoms with Crippen LogP contribution in [0, 0.1) is 0 Å². The van der Waals surface area contributed by atoms with Gasteiger partial charge in [-0.3, -0.25) is 9.59 Å². The van der Waals surface area contributed by atoms with Crippen LogP contribution in [-0.4, -0.2) is 21.4 Å². The number of carbonyl (C=O) groups is 2. The fourth-order valence-corrected chi connectivity index (χ4v) is 3.43. The number of fused-ring (bicyclic) bond motifs is 1. The Labute approximate surface area is 138 Å². The van der Waals surface area contributed by atoms with E-state index in [2.05, 4.69) is 20.2 Å². The summed E-state index contributed by atoms with van der Waals surface area (Å²) >= 11 is 1.31. The zero-order valence-electron chi connectivity index (χ0n) is 13.0. The molecule has 0 unspecified atom stereocenters. The average molecular weight is 330 g/mol. The van der Waals surface area contributed by atoms with E-state index in [4.69, 9.17) is 0 Å². The number of nitrogens with one attached hydrogen (secondary N) is 2. The van der Waals surface area contributed by atoms with E-state index in [-0.39, 0.29) is 30.2 Å². The Hall–Kier alpha value is -2.28. The maximum Gasteiger partial charge on any atom is 0.252 e. The Morgan fingerprint density at radius 2 is 2.17 bits per heavy atom. The predicted octanol–water partition coefficient (Wildman–Crippen LogP) is 2.15. The molecule has 1 aliphatic rings. The normalized spacial score (nSPS) is 16.3. The first-order chi connectivity index (χ1) is 11.1. The van der Waals surface area contributed by atoms with Gasteiger partial charge in [0.05, 0.1) is 29.6 Å². The van der Waals surface area contributed by atoms with Gasteiger partial charge in [0.25, 0.3) is 5.91 Å². The molecule has 0 aliphatic carbocycles. The van der Waals surface area contributed by atoms with E-state index in [1.165, 1.54) is 11.5 Å². The highest BCUT2D eigenvalue weighted by atomic mass is 32.1. The first kappa shape index (κ1) is 15.6. The maximum absolute atomic E-state index is 12.2. The molecule has 2 aromatic rings. The summed E-state index contributed by atoms with van der Waals surface area (Å²) in [4.78, 5) is 25.0. The van der Waals surface area contributed by atoms with Crippen LogP contribution in [0.15, 0.2) is 24.3 Å². The number of amides is 2. The van der Waals surface area contributed by atoms with Gasteiger partial charge in [0, 0.05) is 5.56 Å². The van der Waals surface area contributed by atoms with Crippen molar-refractivity contribution < 1.29 is 9.59 Å². The zero-order chi connectivity index (χ0) is 16.4.